The summed E-state index contributed by atoms with van der Waals surface area (Å²) in [7, 11) is 0. The van der Waals surface area contributed by atoms with Crippen molar-refractivity contribution < 1.29 is 9.59 Å². The molecule has 0 saturated heterocycles. The van der Waals surface area contributed by atoms with E-state index in [4.69, 9.17) is 5.73 Å². The highest BCUT2D eigenvalue weighted by Gasteiger charge is 2.03. The molecule has 1 aliphatic rings. The standard InChI is InChI=1S/C7H7NO.C6H7NOS/c8-7(9)6-4-2-1-3-5-6;8-6(9)7-4-2-1-3-5-7/h1-5H,(H2,8,9);1-4H,5H2,(H,8,9). The fourth-order valence-electron chi connectivity index (χ4n) is 1.21. The number of hydrogen-bond acceptors (Lipinski definition) is 2. The van der Waals surface area contributed by atoms with Crippen molar-refractivity contribution in [1.29, 1.82) is 0 Å². The van der Waals surface area contributed by atoms with Crippen molar-refractivity contribution in [3.8, 4) is 0 Å². The molecule has 2 rings (SSSR count). The molecule has 0 atom stereocenters. The first-order chi connectivity index (χ1) is 8.61. The molecule has 18 heavy (non-hydrogen) atoms. The van der Waals surface area contributed by atoms with Gasteiger partial charge < -0.3 is 10.6 Å². The molecule has 5 heteroatoms. The monoisotopic (exact) mass is 262 g/mol. The molecule has 0 saturated carbocycles. The summed E-state index contributed by atoms with van der Waals surface area (Å²) in [5, 5.41) is -0.212. The topological polar surface area (TPSA) is 63.4 Å². The molecule has 1 aromatic rings. The Bertz CT molecular complexity index is 469. The van der Waals surface area contributed by atoms with Crippen LogP contribution in [0.15, 0.2) is 54.8 Å². The summed E-state index contributed by atoms with van der Waals surface area (Å²) in [6.07, 6.45) is 7.30. The second-order valence-electron chi connectivity index (χ2n) is 3.43. The average Bonchev–Trinajstić information content (AvgIpc) is 2.41. The molecule has 1 aliphatic heterocycles. The molecule has 0 radical (unpaired) electrons. The highest BCUT2D eigenvalue weighted by molar-refractivity contribution is 7.96. The minimum Gasteiger partial charge on any atom is -0.366 e. The van der Waals surface area contributed by atoms with Crippen molar-refractivity contribution in [2.75, 3.05) is 6.54 Å². The highest BCUT2D eigenvalue weighted by atomic mass is 32.1. The van der Waals surface area contributed by atoms with E-state index in [1.807, 2.05) is 18.2 Å². The molecular weight excluding hydrogens is 248 g/mol. The van der Waals surface area contributed by atoms with Gasteiger partial charge in [0.2, 0.25) is 5.91 Å². The zero-order valence-corrected chi connectivity index (χ0v) is 10.6. The summed E-state index contributed by atoms with van der Waals surface area (Å²) in [5.74, 6) is -0.379. The first-order valence-electron chi connectivity index (χ1n) is 5.29. The minimum absolute atomic E-state index is 0.212. The van der Waals surface area contributed by atoms with Crippen LogP contribution in [0.25, 0.3) is 0 Å². The van der Waals surface area contributed by atoms with Crippen molar-refractivity contribution in [2.24, 2.45) is 5.73 Å². The molecule has 4 nitrogen and oxygen atoms in total. The molecule has 0 fully saturated rings. The summed E-state index contributed by atoms with van der Waals surface area (Å²) in [5.41, 5.74) is 5.53. The number of primary amides is 1. The Labute approximate surface area is 111 Å². The van der Waals surface area contributed by atoms with E-state index in [1.54, 1.807) is 36.5 Å². The number of amides is 2. The summed E-state index contributed by atoms with van der Waals surface area (Å²) < 4.78 is 0. The Morgan fingerprint density at radius 2 is 1.83 bits per heavy atom. The Hall–Kier alpha value is -2.01. The predicted octanol–water partition coefficient (Wildman–Crippen LogP) is 2.21. The van der Waals surface area contributed by atoms with Gasteiger partial charge in [-0.05, 0) is 18.2 Å². The van der Waals surface area contributed by atoms with Gasteiger partial charge in [-0.15, -0.1) is 0 Å². The van der Waals surface area contributed by atoms with Crippen molar-refractivity contribution in [2.45, 2.75) is 0 Å². The van der Waals surface area contributed by atoms with Crippen molar-refractivity contribution in [1.82, 2.24) is 4.90 Å². The zero-order valence-electron chi connectivity index (χ0n) is 9.69. The Morgan fingerprint density at radius 1 is 1.17 bits per heavy atom. The molecule has 0 aromatic heterocycles. The largest absolute Gasteiger partial charge is 0.366 e. The quantitative estimate of drug-likeness (QED) is 0.762. The molecule has 0 unspecified atom stereocenters. The van der Waals surface area contributed by atoms with Crippen molar-refractivity contribution in [3.05, 3.63) is 60.3 Å². The number of carbonyl (C=O) groups excluding carboxylic acids is 2. The second kappa shape index (κ2) is 7.34. The van der Waals surface area contributed by atoms with Crippen LogP contribution < -0.4 is 5.73 Å². The smallest absolute Gasteiger partial charge is 0.282 e. The number of allylic oxidation sites excluding steroid dienone is 2. The van der Waals surface area contributed by atoms with E-state index in [2.05, 4.69) is 12.6 Å². The van der Waals surface area contributed by atoms with E-state index < -0.39 is 0 Å². The third-order valence-corrected chi connectivity index (χ3v) is 2.38. The first kappa shape index (κ1) is 14.1. The van der Waals surface area contributed by atoms with Gasteiger partial charge in [0.1, 0.15) is 0 Å². The summed E-state index contributed by atoms with van der Waals surface area (Å²) >= 11 is 3.64. The van der Waals surface area contributed by atoms with E-state index >= 15 is 0 Å². The van der Waals surface area contributed by atoms with Crippen molar-refractivity contribution in [3.63, 3.8) is 0 Å². The van der Waals surface area contributed by atoms with Crippen LogP contribution in [0.3, 0.4) is 0 Å². The molecule has 0 bridgehead atoms. The van der Waals surface area contributed by atoms with Gasteiger partial charge >= 0.3 is 0 Å². The van der Waals surface area contributed by atoms with E-state index in [9.17, 15) is 9.59 Å². The van der Waals surface area contributed by atoms with Crippen LogP contribution in [0.5, 0.6) is 0 Å². The van der Waals surface area contributed by atoms with Gasteiger partial charge in [-0.2, -0.15) is 0 Å². The third-order valence-electron chi connectivity index (χ3n) is 2.12. The van der Waals surface area contributed by atoms with E-state index in [-0.39, 0.29) is 11.1 Å². The SMILES string of the molecule is NC(=O)c1ccccc1.O=C(S)N1C=CC=CC1. The van der Waals surface area contributed by atoms with Crippen molar-refractivity contribution >= 4 is 23.8 Å². The highest BCUT2D eigenvalue weighted by Crippen LogP contribution is 2.01. The van der Waals surface area contributed by atoms with Gasteiger partial charge in [0.05, 0.1) is 0 Å². The number of carbonyl (C=O) groups is 2. The number of rotatable bonds is 1. The van der Waals surface area contributed by atoms with Crippen LogP contribution in [0, 0.1) is 0 Å². The van der Waals surface area contributed by atoms with Crippen LogP contribution >= 0.6 is 12.6 Å². The number of benzene rings is 1. The van der Waals surface area contributed by atoms with E-state index in [1.165, 1.54) is 4.90 Å². The number of hydrogen-bond donors (Lipinski definition) is 2. The lowest BCUT2D eigenvalue weighted by Gasteiger charge is -2.14. The number of nitrogens with zero attached hydrogens (tertiary/aromatic N) is 1. The van der Waals surface area contributed by atoms with Crippen LogP contribution in [0.2, 0.25) is 0 Å². The molecule has 0 aliphatic carbocycles. The van der Waals surface area contributed by atoms with E-state index in [0.29, 0.717) is 12.1 Å². The molecule has 2 N–H and O–H groups in total. The molecule has 2 amide bonds. The molecule has 0 spiro atoms. The summed E-state index contributed by atoms with van der Waals surface area (Å²) in [6, 6.07) is 8.76. The normalized spacial score (nSPS) is 12.6. The molecule has 94 valence electrons. The third kappa shape index (κ3) is 4.88. The molecular formula is C13H14N2O2S. The van der Waals surface area contributed by atoms with E-state index in [0.717, 1.165) is 0 Å². The average molecular weight is 262 g/mol. The predicted molar refractivity (Wildman–Crippen MR) is 74.3 cm³/mol. The Balaban J connectivity index is 0.000000180. The Morgan fingerprint density at radius 3 is 2.17 bits per heavy atom. The zero-order chi connectivity index (χ0) is 13.4. The fraction of sp³-hybridized carbons (Fsp3) is 0.0769. The lowest BCUT2D eigenvalue weighted by Crippen LogP contribution is -2.20. The van der Waals surface area contributed by atoms with Gasteiger partial charge in [-0.25, -0.2) is 0 Å². The van der Waals surface area contributed by atoms with Crippen LogP contribution in [-0.4, -0.2) is 22.6 Å². The van der Waals surface area contributed by atoms with Crippen LogP contribution in [0.1, 0.15) is 10.4 Å². The maximum atomic E-state index is 10.5. The number of nitrogens with two attached hydrogens (primary N) is 1. The maximum Gasteiger partial charge on any atom is 0.282 e. The lowest BCUT2D eigenvalue weighted by atomic mass is 10.2. The van der Waals surface area contributed by atoms with Gasteiger partial charge in [-0.1, -0.05) is 43.0 Å². The molecule has 1 aromatic carbocycles. The number of thiol groups is 1. The van der Waals surface area contributed by atoms with Gasteiger partial charge in [0.25, 0.3) is 5.24 Å². The lowest BCUT2D eigenvalue weighted by molar-refractivity contribution is 0.100. The van der Waals surface area contributed by atoms with Gasteiger partial charge in [-0.3, -0.25) is 9.59 Å². The first-order valence-corrected chi connectivity index (χ1v) is 5.73. The van der Waals surface area contributed by atoms with Gasteiger partial charge in [0, 0.05) is 18.3 Å². The summed E-state index contributed by atoms with van der Waals surface area (Å²) in [6.45, 7) is 0.638. The maximum absolute atomic E-state index is 10.5. The minimum atomic E-state index is -0.379. The van der Waals surface area contributed by atoms with Crippen LogP contribution in [0.4, 0.5) is 4.79 Å². The van der Waals surface area contributed by atoms with Gasteiger partial charge in [0.15, 0.2) is 0 Å². The fourth-order valence-corrected chi connectivity index (χ4v) is 1.36. The Kier molecular flexibility index (Phi) is 5.73. The summed E-state index contributed by atoms with van der Waals surface area (Å²) in [4.78, 5) is 22.4. The van der Waals surface area contributed by atoms with Crippen LogP contribution in [-0.2, 0) is 0 Å². The molecule has 1 heterocycles. The second-order valence-corrected chi connectivity index (χ2v) is 3.82.